The number of urea groups is 1. The molecule has 2 radical (unpaired) electrons. The van der Waals surface area contributed by atoms with Crippen molar-refractivity contribution >= 4 is 36.1 Å². The first-order valence-electron chi connectivity index (χ1n) is 10.3. The highest BCUT2D eigenvalue weighted by Gasteiger charge is 2.27. The number of anilines is 1. The van der Waals surface area contributed by atoms with Gasteiger partial charge in [0.1, 0.15) is 13.7 Å². The van der Waals surface area contributed by atoms with Crippen LogP contribution < -0.4 is 16.2 Å². The Bertz CT molecular complexity index is 1160. The number of benzene rings is 2. The second kappa shape index (κ2) is 9.10. The van der Waals surface area contributed by atoms with E-state index >= 15 is 0 Å². The maximum atomic E-state index is 14.4. The van der Waals surface area contributed by atoms with Crippen molar-refractivity contribution in [2.24, 2.45) is 0 Å². The molecule has 32 heavy (non-hydrogen) atoms. The average molecular weight is 438 g/mol. The summed E-state index contributed by atoms with van der Waals surface area (Å²) in [5.41, 5.74) is 2.18. The molecule has 0 saturated carbocycles. The standard InChI is InChI=1S/C23H22BF3N4O/c1-28-23(32)31-8-7-15(12-31)13-5-6-18-17(9-13)19(10-20(24)30-18)29-11-14-3-2-4-16(21(14)25)22(26)27/h2-6,9-10,15,22H,7-8,11-12H2,1H3,(H,28,32)(H,29,30). The number of aromatic nitrogens is 1. The number of likely N-dealkylation sites (tertiary alicyclic amines) is 1. The van der Waals surface area contributed by atoms with Crippen LogP contribution in [0.25, 0.3) is 10.9 Å². The minimum Gasteiger partial charge on any atom is -0.380 e. The van der Waals surface area contributed by atoms with Crippen LogP contribution in [0.3, 0.4) is 0 Å². The number of nitrogens with one attached hydrogen (secondary N) is 2. The van der Waals surface area contributed by atoms with Gasteiger partial charge in [-0.25, -0.2) is 18.0 Å². The van der Waals surface area contributed by atoms with Crippen LogP contribution in [0.15, 0.2) is 42.5 Å². The fourth-order valence-electron chi connectivity index (χ4n) is 4.13. The van der Waals surface area contributed by atoms with Crippen molar-refractivity contribution in [2.45, 2.75) is 25.3 Å². The molecule has 1 saturated heterocycles. The number of rotatable bonds is 5. The van der Waals surface area contributed by atoms with Crippen molar-refractivity contribution in [1.82, 2.24) is 15.2 Å². The summed E-state index contributed by atoms with van der Waals surface area (Å²) in [7, 11) is 7.55. The molecule has 9 heteroatoms. The van der Waals surface area contributed by atoms with Crippen LogP contribution in [0.4, 0.5) is 23.7 Å². The van der Waals surface area contributed by atoms with E-state index in [9.17, 15) is 18.0 Å². The van der Waals surface area contributed by atoms with Crippen LogP contribution in [0.5, 0.6) is 0 Å². The summed E-state index contributed by atoms with van der Waals surface area (Å²) >= 11 is 0. The van der Waals surface area contributed by atoms with E-state index in [1.54, 1.807) is 18.0 Å². The van der Waals surface area contributed by atoms with Gasteiger partial charge in [0.25, 0.3) is 6.43 Å². The summed E-state index contributed by atoms with van der Waals surface area (Å²) in [4.78, 5) is 18.0. The zero-order valence-corrected chi connectivity index (χ0v) is 17.5. The quantitative estimate of drug-likeness (QED) is 0.596. The van der Waals surface area contributed by atoms with E-state index in [0.29, 0.717) is 29.9 Å². The molecule has 1 atom stereocenters. The third kappa shape index (κ3) is 4.37. The fraction of sp³-hybridized carbons (Fsp3) is 0.304. The molecule has 3 aromatic rings. The third-order valence-electron chi connectivity index (χ3n) is 5.83. The van der Waals surface area contributed by atoms with E-state index in [4.69, 9.17) is 7.85 Å². The Morgan fingerprint density at radius 2 is 2.09 bits per heavy atom. The molecule has 2 amide bonds. The Kier molecular flexibility index (Phi) is 6.25. The molecule has 0 spiro atoms. The lowest BCUT2D eigenvalue weighted by Gasteiger charge is -2.17. The Morgan fingerprint density at radius 3 is 2.84 bits per heavy atom. The molecular formula is C23H22BF3N4O. The van der Waals surface area contributed by atoms with Gasteiger partial charge >= 0.3 is 6.03 Å². The number of nitrogens with zero attached hydrogens (tertiary/aromatic N) is 2. The second-order valence-corrected chi connectivity index (χ2v) is 7.83. The molecule has 0 aliphatic carbocycles. The van der Waals surface area contributed by atoms with Gasteiger partial charge in [-0.3, -0.25) is 4.98 Å². The summed E-state index contributed by atoms with van der Waals surface area (Å²) in [6.45, 7) is 1.30. The number of carbonyl (C=O) groups is 1. The maximum absolute atomic E-state index is 14.4. The summed E-state index contributed by atoms with van der Waals surface area (Å²) in [5.74, 6) is -0.732. The van der Waals surface area contributed by atoms with Crippen LogP contribution in [0, 0.1) is 5.82 Å². The minimum absolute atomic E-state index is 0.0169. The fourth-order valence-corrected chi connectivity index (χ4v) is 4.13. The van der Waals surface area contributed by atoms with E-state index in [1.165, 1.54) is 12.1 Å². The first kappa shape index (κ1) is 22.0. The zero-order valence-electron chi connectivity index (χ0n) is 17.5. The predicted octanol–water partition coefficient (Wildman–Crippen LogP) is 3.85. The molecule has 2 N–H and O–H groups in total. The third-order valence-corrected chi connectivity index (χ3v) is 5.83. The highest BCUT2D eigenvalue weighted by Crippen LogP contribution is 2.32. The molecule has 4 rings (SSSR count). The van der Waals surface area contributed by atoms with Crippen LogP contribution in [-0.2, 0) is 6.54 Å². The van der Waals surface area contributed by atoms with Crippen LogP contribution >= 0.6 is 0 Å². The zero-order chi connectivity index (χ0) is 22.8. The van der Waals surface area contributed by atoms with Gasteiger partial charge in [0.15, 0.2) is 0 Å². The van der Waals surface area contributed by atoms with Crippen molar-refractivity contribution in [3.05, 3.63) is 65.0 Å². The lowest BCUT2D eigenvalue weighted by Crippen LogP contribution is -2.36. The Balaban J connectivity index is 1.61. The lowest BCUT2D eigenvalue weighted by atomic mass is 9.95. The van der Waals surface area contributed by atoms with Gasteiger partial charge in [0.2, 0.25) is 0 Å². The summed E-state index contributed by atoms with van der Waals surface area (Å²) < 4.78 is 40.4. The van der Waals surface area contributed by atoms with E-state index < -0.39 is 17.8 Å². The molecule has 1 aliphatic rings. The number of halogens is 3. The molecule has 2 heterocycles. The van der Waals surface area contributed by atoms with Crippen LogP contribution in [0.1, 0.15) is 35.5 Å². The largest absolute Gasteiger partial charge is 0.380 e. The molecule has 1 unspecified atom stereocenters. The smallest absolute Gasteiger partial charge is 0.317 e. The average Bonchev–Trinajstić information content (AvgIpc) is 3.27. The Labute approximate surface area is 185 Å². The molecule has 0 bridgehead atoms. The van der Waals surface area contributed by atoms with Crippen molar-refractivity contribution in [2.75, 3.05) is 25.5 Å². The highest BCUT2D eigenvalue weighted by atomic mass is 19.3. The minimum atomic E-state index is -2.88. The molecular weight excluding hydrogens is 416 g/mol. The number of carbonyl (C=O) groups excluding carboxylic acids is 1. The van der Waals surface area contributed by atoms with Crippen molar-refractivity contribution in [3.63, 3.8) is 0 Å². The van der Waals surface area contributed by atoms with E-state index in [2.05, 4.69) is 15.6 Å². The van der Waals surface area contributed by atoms with Gasteiger partial charge in [0.05, 0.1) is 11.1 Å². The first-order chi connectivity index (χ1) is 15.4. The topological polar surface area (TPSA) is 57.3 Å². The summed E-state index contributed by atoms with van der Waals surface area (Å²) in [6.07, 6.45) is -2.04. The number of alkyl halides is 2. The van der Waals surface area contributed by atoms with Crippen molar-refractivity contribution in [1.29, 1.82) is 0 Å². The molecule has 1 fully saturated rings. The SMILES string of the molecule is [B]c1cc(NCc2cccc(C(F)F)c2F)c2cc(C3CCN(C(=O)NC)C3)ccc2n1. The molecule has 2 aromatic carbocycles. The second-order valence-electron chi connectivity index (χ2n) is 7.83. The van der Waals surface area contributed by atoms with Gasteiger partial charge in [-0.2, -0.15) is 0 Å². The Morgan fingerprint density at radius 1 is 1.28 bits per heavy atom. The van der Waals surface area contributed by atoms with E-state index in [0.717, 1.165) is 23.4 Å². The summed E-state index contributed by atoms with van der Waals surface area (Å²) in [5, 5.41) is 6.57. The number of hydrogen-bond donors (Lipinski definition) is 2. The highest BCUT2D eigenvalue weighted by molar-refractivity contribution is 6.31. The van der Waals surface area contributed by atoms with Crippen LogP contribution in [-0.4, -0.2) is 43.9 Å². The molecule has 5 nitrogen and oxygen atoms in total. The predicted molar refractivity (Wildman–Crippen MR) is 119 cm³/mol. The van der Waals surface area contributed by atoms with Gasteiger partial charge < -0.3 is 15.5 Å². The number of fused-ring (bicyclic) bond motifs is 1. The normalized spacial score (nSPS) is 16.0. The monoisotopic (exact) mass is 438 g/mol. The van der Waals surface area contributed by atoms with Gasteiger partial charge in [-0.05, 0) is 35.8 Å². The molecule has 1 aliphatic heterocycles. The van der Waals surface area contributed by atoms with Crippen molar-refractivity contribution in [3.8, 4) is 0 Å². The van der Waals surface area contributed by atoms with Gasteiger partial charge in [0, 0.05) is 49.2 Å². The lowest BCUT2D eigenvalue weighted by molar-refractivity contribution is 0.146. The summed E-state index contributed by atoms with van der Waals surface area (Å²) in [6, 6.07) is 11.3. The number of pyridine rings is 1. The molecule has 1 aromatic heterocycles. The van der Waals surface area contributed by atoms with Gasteiger partial charge in [-0.1, -0.05) is 24.3 Å². The van der Waals surface area contributed by atoms with Crippen LogP contribution in [0.2, 0.25) is 0 Å². The van der Waals surface area contributed by atoms with Crippen molar-refractivity contribution < 1.29 is 18.0 Å². The first-order valence-corrected chi connectivity index (χ1v) is 10.3. The number of amides is 2. The maximum Gasteiger partial charge on any atom is 0.317 e. The van der Waals surface area contributed by atoms with E-state index in [-0.39, 0.29) is 24.1 Å². The van der Waals surface area contributed by atoms with Gasteiger partial charge in [-0.15, -0.1) is 0 Å². The molecule has 164 valence electrons. The number of hydrogen-bond acceptors (Lipinski definition) is 3. The van der Waals surface area contributed by atoms with E-state index in [1.807, 2.05) is 18.2 Å². The Hall–Kier alpha value is -3.23.